The van der Waals surface area contributed by atoms with Crippen molar-refractivity contribution in [1.82, 2.24) is 19.7 Å². The van der Waals surface area contributed by atoms with E-state index in [1.54, 1.807) is 24.5 Å². The Morgan fingerprint density at radius 1 is 1.36 bits per heavy atom. The second kappa shape index (κ2) is 9.00. The molecule has 3 N–H and O–H groups in total. The predicted molar refractivity (Wildman–Crippen MR) is 113 cm³/mol. The molecule has 0 bridgehead atoms. The monoisotopic (exact) mass is 493 g/mol. The molecule has 3 rings (SSSR count). The molecule has 0 saturated carbocycles. The molecule has 0 aliphatic carbocycles. The van der Waals surface area contributed by atoms with E-state index in [1.165, 1.54) is 0 Å². The van der Waals surface area contributed by atoms with Crippen molar-refractivity contribution in [3.8, 4) is 17.3 Å². The Hall–Kier alpha value is -2.69. The zero-order valence-corrected chi connectivity index (χ0v) is 17.4. The Kier molecular flexibility index (Phi) is 6.45. The van der Waals surface area contributed by atoms with E-state index in [2.05, 4.69) is 44.7 Å². The van der Waals surface area contributed by atoms with Crippen LogP contribution in [-0.2, 0) is 6.54 Å². The molecule has 0 amide bonds. The zero-order valence-electron chi connectivity index (χ0n) is 15.2. The van der Waals surface area contributed by atoms with Gasteiger partial charge in [0.15, 0.2) is 5.82 Å². The molecule has 1 aromatic carbocycles. The van der Waals surface area contributed by atoms with Gasteiger partial charge in [-0.05, 0) is 65.3 Å². The van der Waals surface area contributed by atoms with Gasteiger partial charge in [0.1, 0.15) is 29.2 Å². The zero-order chi connectivity index (χ0) is 20.1. The summed E-state index contributed by atoms with van der Waals surface area (Å²) in [6.07, 6.45) is 2.47. The first-order valence-electron chi connectivity index (χ1n) is 8.70. The van der Waals surface area contributed by atoms with E-state index in [1.807, 2.05) is 22.8 Å². The van der Waals surface area contributed by atoms with Gasteiger partial charge in [0.05, 0.1) is 6.61 Å². The molecule has 8 nitrogen and oxygen atoms in total. The molecular weight excluding hydrogens is 473 g/mol. The lowest BCUT2D eigenvalue weighted by Crippen LogP contribution is -2.14. The number of rotatable bonds is 8. The average Bonchev–Trinajstić information content (AvgIpc) is 3.14. The van der Waals surface area contributed by atoms with Crippen molar-refractivity contribution >= 4 is 34.4 Å². The summed E-state index contributed by atoms with van der Waals surface area (Å²) in [6.45, 7) is 3.15. The Morgan fingerprint density at radius 3 is 2.93 bits per heavy atom. The number of aryl methyl sites for hydroxylation is 1. The second-order valence-electron chi connectivity index (χ2n) is 6.45. The molecule has 0 spiro atoms. The first-order chi connectivity index (χ1) is 13.4. The van der Waals surface area contributed by atoms with Crippen molar-refractivity contribution in [3.05, 3.63) is 51.9 Å². The predicted octanol–water partition coefficient (Wildman–Crippen LogP) is 3.33. The summed E-state index contributed by atoms with van der Waals surface area (Å²) in [5.74, 6) is 0.676. The molecule has 146 valence electrons. The highest BCUT2D eigenvalue weighted by Gasteiger charge is 2.14. The van der Waals surface area contributed by atoms with Crippen molar-refractivity contribution in [2.45, 2.75) is 19.9 Å². The molecule has 0 fully saturated rings. The summed E-state index contributed by atoms with van der Waals surface area (Å²) >= 11 is 2.08. The number of anilines is 1. The van der Waals surface area contributed by atoms with Gasteiger partial charge in [-0.1, -0.05) is 13.0 Å². The lowest BCUT2D eigenvalue weighted by atomic mass is 10.1. The van der Waals surface area contributed by atoms with Crippen LogP contribution in [0.5, 0.6) is 5.75 Å². The van der Waals surface area contributed by atoms with Crippen LogP contribution < -0.4 is 10.5 Å². The molecule has 2 heterocycles. The first-order valence-corrected chi connectivity index (χ1v) is 9.78. The number of carboxylic acids is 1. The number of aromatic carboxylic acids is 1. The molecule has 0 radical (unpaired) electrons. The van der Waals surface area contributed by atoms with Gasteiger partial charge in [-0.3, -0.25) is 0 Å². The van der Waals surface area contributed by atoms with Gasteiger partial charge in [-0.2, -0.15) is 0 Å². The molecule has 0 aliphatic rings. The quantitative estimate of drug-likeness (QED) is 0.463. The summed E-state index contributed by atoms with van der Waals surface area (Å²) in [5, 5.41) is 17.4. The minimum atomic E-state index is -0.995. The van der Waals surface area contributed by atoms with Gasteiger partial charge >= 0.3 is 5.97 Å². The molecule has 1 atom stereocenters. The van der Waals surface area contributed by atoms with Gasteiger partial charge in [0.25, 0.3) is 0 Å². The maximum absolute atomic E-state index is 11.4. The molecule has 2 aromatic heterocycles. The van der Waals surface area contributed by atoms with Gasteiger partial charge < -0.3 is 20.1 Å². The first kappa shape index (κ1) is 20.1. The minimum absolute atomic E-state index is 0.174. The lowest BCUT2D eigenvalue weighted by molar-refractivity contribution is 0.0691. The largest absolute Gasteiger partial charge is 0.492 e. The topological polar surface area (TPSA) is 116 Å². The number of carbonyl (C=O) groups is 1. The number of benzene rings is 1. The highest BCUT2D eigenvalue weighted by atomic mass is 127. The number of nitrogens with zero attached hydrogens (tertiary/aromatic N) is 4. The number of nitrogen functional groups attached to an aromatic ring is 1. The van der Waals surface area contributed by atoms with Crippen LogP contribution in [0.1, 0.15) is 23.7 Å². The van der Waals surface area contributed by atoms with E-state index in [0.717, 1.165) is 9.99 Å². The van der Waals surface area contributed by atoms with Crippen LogP contribution in [0.25, 0.3) is 11.5 Å². The van der Waals surface area contributed by atoms with E-state index < -0.39 is 5.97 Å². The smallest absolute Gasteiger partial charge is 0.339 e. The van der Waals surface area contributed by atoms with Crippen LogP contribution in [0.4, 0.5) is 5.82 Å². The number of hydrogen-bond donors (Lipinski definition) is 2. The number of halogens is 1. The minimum Gasteiger partial charge on any atom is -0.492 e. The van der Waals surface area contributed by atoms with Crippen LogP contribution in [-0.4, -0.2) is 37.4 Å². The third kappa shape index (κ3) is 4.97. The molecule has 0 saturated heterocycles. The summed E-state index contributed by atoms with van der Waals surface area (Å²) in [5.41, 5.74) is 6.59. The van der Waals surface area contributed by atoms with Crippen LogP contribution >= 0.6 is 22.6 Å². The van der Waals surface area contributed by atoms with Crippen molar-refractivity contribution < 1.29 is 14.6 Å². The van der Waals surface area contributed by atoms with Crippen LogP contribution in [0.3, 0.4) is 0 Å². The van der Waals surface area contributed by atoms with Crippen molar-refractivity contribution in [1.29, 1.82) is 0 Å². The number of pyridine rings is 1. The number of hydrogen-bond acceptors (Lipinski definition) is 6. The lowest BCUT2D eigenvalue weighted by Gasteiger charge is -2.15. The SMILES string of the molecule is C[C@@H](CCn1cnnc1-c1cccc(N)n1)COc1ccc(I)cc1C(=O)O. The number of nitrogens with two attached hydrogens (primary N) is 1. The number of carboxylic acid groups (broad SMARTS) is 1. The second-order valence-corrected chi connectivity index (χ2v) is 7.69. The third-order valence-corrected chi connectivity index (χ3v) is 4.84. The van der Waals surface area contributed by atoms with E-state index >= 15 is 0 Å². The molecular formula is C19H20IN5O3. The molecule has 9 heteroatoms. The van der Waals surface area contributed by atoms with Crippen molar-refractivity contribution in [2.75, 3.05) is 12.3 Å². The normalized spacial score (nSPS) is 11.9. The Bertz CT molecular complexity index is 976. The Labute approximate surface area is 175 Å². The van der Waals surface area contributed by atoms with E-state index in [-0.39, 0.29) is 11.5 Å². The molecule has 0 unspecified atom stereocenters. The molecule has 28 heavy (non-hydrogen) atoms. The van der Waals surface area contributed by atoms with Crippen LogP contribution in [0, 0.1) is 9.49 Å². The fraction of sp³-hybridized carbons (Fsp3) is 0.263. The molecule has 3 aromatic rings. The van der Waals surface area contributed by atoms with Gasteiger partial charge in [0.2, 0.25) is 0 Å². The summed E-state index contributed by atoms with van der Waals surface area (Å²) in [6, 6.07) is 10.5. The highest BCUT2D eigenvalue weighted by Crippen LogP contribution is 2.23. The highest BCUT2D eigenvalue weighted by molar-refractivity contribution is 14.1. The van der Waals surface area contributed by atoms with E-state index in [0.29, 0.717) is 36.2 Å². The fourth-order valence-corrected chi connectivity index (χ4v) is 3.15. The van der Waals surface area contributed by atoms with Crippen molar-refractivity contribution in [3.63, 3.8) is 0 Å². The van der Waals surface area contributed by atoms with Crippen LogP contribution in [0.2, 0.25) is 0 Å². The van der Waals surface area contributed by atoms with Gasteiger partial charge in [-0.25, -0.2) is 9.78 Å². The average molecular weight is 493 g/mol. The van der Waals surface area contributed by atoms with Crippen LogP contribution in [0.15, 0.2) is 42.7 Å². The maximum Gasteiger partial charge on any atom is 0.339 e. The van der Waals surface area contributed by atoms with E-state index in [4.69, 9.17) is 10.5 Å². The fourth-order valence-electron chi connectivity index (χ4n) is 2.66. The van der Waals surface area contributed by atoms with Gasteiger partial charge in [-0.15, -0.1) is 10.2 Å². The number of ether oxygens (including phenoxy) is 1. The molecule has 0 aliphatic heterocycles. The summed E-state index contributed by atoms with van der Waals surface area (Å²) in [4.78, 5) is 15.7. The maximum atomic E-state index is 11.4. The summed E-state index contributed by atoms with van der Waals surface area (Å²) in [7, 11) is 0. The standard InChI is InChI=1S/C19H20IN5O3/c1-12(10-28-16-6-5-13(20)9-14(16)19(26)27)7-8-25-11-22-24-18(25)15-3-2-4-17(21)23-15/h2-6,9,11-12H,7-8,10H2,1H3,(H2,21,23)(H,26,27)/t12-/m0/s1. The van der Waals surface area contributed by atoms with E-state index in [9.17, 15) is 9.90 Å². The summed E-state index contributed by atoms with van der Waals surface area (Å²) < 4.78 is 8.54. The van der Waals surface area contributed by atoms with Gasteiger partial charge in [0, 0.05) is 10.1 Å². The number of aromatic nitrogens is 4. The third-order valence-electron chi connectivity index (χ3n) is 4.17. The van der Waals surface area contributed by atoms with Crippen molar-refractivity contribution in [2.24, 2.45) is 5.92 Å². The Balaban J connectivity index is 1.60. The Morgan fingerprint density at radius 2 is 2.18 bits per heavy atom.